The van der Waals surface area contributed by atoms with Gasteiger partial charge >= 0.3 is 0 Å². The van der Waals surface area contributed by atoms with Crippen molar-refractivity contribution in [3.63, 3.8) is 0 Å². The summed E-state index contributed by atoms with van der Waals surface area (Å²) in [6, 6.07) is 21.5. The van der Waals surface area contributed by atoms with Crippen LogP contribution in [0, 0.1) is 12.8 Å². The van der Waals surface area contributed by atoms with E-state index in [4.69, 9.17) is 4.42 Å². The van der Waals surface area contributed by atoms with Crippen LogP contribution >= 0.6 is 0 Å². The molecule has 0 radical (unpaired) electrons. The summed E-state index contributed by atoms with van der Waals surface area (Å²) in [7, 11) is 0. The topological polar surface area (TPSA) is 19.6 Å². The van der Waals surface area contributed by atoms with Gasteiger partial charge in [0.05, 0.1) is 17.1 Å². The van der Waals surface area contributed by atoms with Gasteiger partial charge in [0.2, 0.25) is 0 Å². The molecule has 0 N–H and O–H groups in total. The zero-order valence-electron chi connectivity index (χ0n) is 16.9. The molecule has 0 bridgehead atoms. The Labute approximate surface area is 166 Å². The van der Waals surface area contributed by atoms with Crippen molar-refractivity contribution in [1.29, 1.82) is 0 Å². The van der Waals surface area contributed by atoms with E-state index in [1.54, 1.807) is 0 Å². The first-order valence-electron chi connectivity index (χ1n) is 10.1. The minimum atomic E-state index is 0.234. The first kappa shape index (κ1) is 17.2. The summed E-state index contributed by atoms with van der Waals surface area (Å²) in [5.74, 6) is 0.596. The molecule has 2 heterocycles. The molecule has 0 amide bonds. The third-order valence-electron chi connectivity index (χ3n) is 5.80. The fraction of sp³-hybridized carbons (Fsp3) is 0.280. The molecule has 1 aliphatic heterocycles. The van der Waals surface area contributed by atoms with Gasteiger partial charge in [0, 0.05) is 17.3 Å². The molecule has 1 aromatic heterocycles. The Morgan fingerprint density at radius 3 is 2.39 bits per heavy atom. The Morgan fingerprint density at radius 1 is 0.893 bits per heavy atom. The Bertz CT molecular complexity index is 1170. The fourth-order valence-corrected chi connectivity index (χ4v) is 4.58. The largest absolute Gasteiger partial charge is 0.454 e. The van der Waals surface area contributed by atoms with Crippen LogP contribution in [-0.4, -0.2) is 12.7 Å². The maximum Gasteiger partial charge on any atom is 0.159 e. The number of hydrogen-bond acceptors (Lipinski definition) is 3. The van der Waals surface area contributed by atoms with E-state index in [1.165, 1.54) is 33.4 Å². The summed E-state index contributed by atoms with van der Waals surface area (Å²) in [6.45, 7) is 10.1. The minimum Gasteiger partial charge on any atom is -0.454 e. The summed E-state index contributed by atoms with van der Waals surface area (Å²) in [5, 5.41) is 2.36. The lowest BCUT2D eigenvalue weighted by molar-refractivity contribution is 0.570. The van der Waals surface area contributed by atoms with Gasteiger partial charge in [0.25, 0.3) is 0 Å². The Morgan fingerprint density at radius 2 is 1.61 bits per heavy atom. The molecular formula is C25H26N2O. The van der Waals surface area contributed by atoms with Gasteiger partial charge in [0.1, 0.15) is 11.7 Å². The van der Waals surface area contributed by atoms with Gasteiger partial charge < -0.3 is 14.2 Å². The second-order valence-electron chi connectivity index (χ2n) is 8.24. The van der Waals surface area contributed by atoms with E-state index in [-0.39, 0.29) is 6.17 Å². The van der Waals surface area contributed by atoms with E-state index in [1.807, 2.05) is 6.07 Å². The average molecular weight is 370 g/mol. The van der Waals surface area contributed by atoms with Crippen molar-refractivity contribution >= 4 is 39.0 Å². The minimum absolute atomic E-state index is 0.234. The first-order chi connectivity index (χ1) is 13.6. The number of para-hydroxylation sites is 3. The molecule has 3 heteroatoms. The number of anilines is 3. The van der Waals surface area contributed by atoms with Crippen molar-refractivity contribution in [3.8, 4) is 0 Å². The van der Waals surface area contributed by atoms with Crippen molar-refractivity contribution in [2.75, 3.05) is 16.3 Å². The van der Waals surface area contributed by atoms with Gasteiger partial charge in [-0.15, -0.1) is 0 Å². The van der Waals surface area contributed by atoms with Crippen LogP contribution in [0.15, 0.2) is 65.1 Å². The predicted molar refractivity (Wildman–Crippen MR) is 119 cm³/mol. The van der Waals surface area contributed by atoms with E-state index in [0.717, 1.165) is 17.7 Å². The highest BCUT2D eigenvalue weighted by Gasteiger charge is 2.36. The molecule has 1 aliphatic rings. The third-order valence-corrected chi connectivity index (χ3v) is 5.80. The van der Waals surface area contributed by atoms with Gasteiger partial charge in [0.15, 0.2) is 5.58 Å². The van der Waals surface area contributed by atoms with Crippen LogP contribution in [0.5, 0.6) is 0 Å². The molecule has 1 atom stereocenters. The highest BCUT2D eigenvalue weighted by molar-refractivity contribution is 6.10. The molecule has 0 spiro atoms. The molecule has 0 saturated carbocycles. The summed E-state index contributed by atoms with van der Waals surface area (Å²) in [5.41, 5.74) is 6.90. The molecule has 4 aromatic rings. The molecule has 5 rings (SSSR count). The molecule has 0 unspecified atom stereocenters. The fourth-order valence-electron chi connectivity index (χ4n) is 4.58. The first-order valence-corrected chi connectivity index (χ1v) is 10.1. The number of furan rings is 1. The van der Waals surface area contributed by atoms with Gasteiger partial charge in [-0.25, -0.2) is 0 Å². The molecule has 142 valence electrons. The molecular weight excluding hydrogens is 344 g/mol. The number of rotatable bonds is 3. The van der Waals surface area contributed by atoms with Gasteiger partial charge in [-0.05, 0) is 43.5 Å². The highest BCUT2D eigenvalue weighted by atomic mass is 16.3. The van der Waals surface area contributed by atoms with Crippen LogP contribution in [0.1, 0.15) is 26.3 Å². The quantitative estimate of drug-likeness (QED) is 0.393. The van der Waals surface area contributed by atoms with Crippen LogP contribution in [0.2, 0.25) is 0 Å². The van der Waals surface area contributed by atoms with Crippen LogP contribution in [0.3, 0.4) is 0 Å². The molecule has 0 fully saturated rings. The molecule has 3 nitrogen and oxygen atoms in total. The van der Waals surface area contributed by atoms with Crippen molar-refractivity contribution < 1.29 is 4.42 Å². The lowest BCUT2D eigenvalue weighted by Crippen LogP contribution is -2.40. The summed E-state index contributed by atoms with van der Waals surface area (Å²) in [6.07, 6.45) is 0.234. The summed E-state index contributed by atoms with van der Waals surface area (Å²) >= 11 is 0. The standard InChI is InChI=1S/C25H26N2O/c1-16(2)15-26-18(4)27(22-11-7-6-10-21(22)26)24-17(3)13-14-20-19-9-5-8-12-23(19)28-25(20)24/h5-14,16,18H,15H2,1-4H3/t18-/m0/s1. The van der Waals surface area contributed by atoms with E-state index in [2.05, 4.69) is 92.1 Å². The number of fused-ring (bicyclic) bond motifs is 4. The summed E-state index contributed by atoms with van der Waals surface area (Å²) in [4.78, 5) is 4.97. The number of hydrogen-bond donors (Lipinski definition) is 0. The smallest absolute Gasteiger partial charge is 0.159 e. The molecule has 0 saturated heterocycles. The van der Waals surface area contributed by atoms with Crippen LogP contribution in [-0.2, 0) is 0 Å². The second-order valence-corrected chi connectivity index (χ2v) is 8.24. The van der Waals surface area contributed by atoms with Crippen molar-refractivity contribution in [2.24, 2.45) is 5.92 Å². The zero-order valence-corrected chi connectivity index (χ0v) is 16.9. The highest BCUT2D eigenvalue weighted by Crippen LogP contribution is 2.48. The van der Waals surface area contributed by atoms with Gasteiger partial charge in [-0.2, -0.15) is 0 Å². The number of benzene rings is 3. The third kappa shape index (κ3) is 2.42. The maximum atomic E-state index is 6.40. The predicted octanol–water partition coefficient (Wildman–Crippen LogP) is 6.85. The van der Waals surface area contributed by atoms with Crippen LogP contribution in [0.4, 0.5) is 17.1 Å². The molecule has 3 aromatic carbocycles. The zero-order chi connectivity index (χ0) is 19.4. The maximum absolute atomic E-state index is 6.40. The lowest BCUT2D eigenvalue weighted by Gasteiger charge is -2.32. The SMILES string of the molecule is Cc1ccc2c(oc3ccccc32)c1N1c2ccccc2N(CC(C)C)[C@@H]1C. The van der Waals surface area contributed by atoms with Crippen LogP contribution < -0.4 is 9.80 Å². The molecule has 28 heavy (non-hydrogen) atoms. The van der Waals surface area contributed by atoms with Crippen LogP contribution in [0.25, 0.3) is 21.9 Å². The van der Waals surface area contributed by atoms with Gasteiger partial charge in [-0.1, -0.05) is 56.3 Å². The van der Waals surface area contributed by atoms with E-state index in [0.29, 0.717) is 5.92 Å². The van der Waals surface area contributed by atoms with E-state index >= 15 is 0 Å². The second kappa shape index (κ2) is 6.30. The molecule has 0 aliphatic carbocycles. The average Bonchev–Trinajstić information content (AvgIpc) is 3.18. The monoisotopic (exact) mass is 370 g/mol. The van der Waals surface area contributed by atoms with E-state index in [9.17, 15) is 0 Å². The van der Waals surface area contributed by atoms with E-state index < -0.39 is 0 Å². The Balaban J connectivity index is 1.77. The number of aryl methyl sites for hydroxylation is 1. The number of nitrogens with zero attached hydrogens (tertiary/aromatic N) is 2. The van der Waals surface area contributed by atoms with Crippen molar-refractivity contribution in [1.82, 2.24) is 0 Å². The van der Waals surface area contributed by atoms with Crippen molar-refractivity contribution in [3.05, 3.63) is 66.2 Å². The Hall–Kier alpha value is -2.94. The van der Waals surface area contributed by atoms with Crippen molar-refractivity contribution in [2.45, 2.75) is 33.9 Å². The Kier molecular flexibility index (Phi) is 3.87. The summed E-state index contributed by atoms with van der Waals surface area (Å²) < 4.78 is 6.40. The normalized spacial score (nSPS) is 16.5. The lowest BCUT2D eigenvalue weighted by atomic mass is 10.1. The van der Waals surface area contributed by atoms with Gasteiger partial charge in [-0.3, -0.25) is 0 Å².